The summed E-state index contributed by atoms with van der Waals surface area (Å²) < 4.78 is 0. The van der Waals surface area contributed by atoms with Crippen LogP contribution in [0.2, 0.25) is 0 Å². The molecule has 2 N–H and O–H groups in total. The van der Waals surface area contributed by atoms with Crippen molar-refractivity contribution in [2.45, 2.75) is 6.92 Å². The molecular weight excluding hydrogens is 336 g/mol. The van der Waals surface area contributed by atoms with Crippen LogP contribution in [-0.4, -0.2) is 15.9 Å². The minimum Gasteiger partial charge on any atom is -0.340 e. The van der Waals surface area contributed by atoms with Gasteiger partial charge in [0.05, 0.1) is 5.52 Å². The van der Waals surface area contributed by atoms with Crippen LogP contribution < -0.4 is 10.6 Å². The molecule has 0 saturated heterocycles. The third-order valence-electron chi connectivity index (χ3n) is 3.86. The first-order valence-electron chi connectivity index (χ1n) is 8.51. The number of para-hydroxylation sites is 1. The first-order chi connectivity index (χ1) is 13.2. The van der Waals surface area contributed by atoms with Crippen LogP contribution in [0.1, 0.15) is 17.3 Å². The van der Waals surface area contributed by atoms with Gasteiger partial charge in [-0.2, -0.15) is 0 Å². The monoisotopic (exact) mass is 356 g/mol. The molecule has 1 amide bonds. The Hall–Kier alpha value is -3.73. The van der Waals surface area contributed by atoms with Crippen molar-refractivity contribution < 1.29 is 4.79 Å². The average molecular weight is 356 g/mol. The minimum absolute atomic E-state index is 0.158. The highest BCUT2D eigenvalue weighted by atomic mass is 16.1. The third-order valence-corrected chi connectivity index (χ3v) is 3.86. The number of fused-ring (bicyclic) bond motifs is 1. The van der Waals surface area contributed by atoms with Crippen LogP contribution in [0.25, 0.3) is 10.9 Å². The number of nitrogens with zero attached hydrogens (tertiary/aromatic N) is 2. The Bertz CT molecular complexity index is 1010. The molecule has 2 aromatic carbocycles. The van der Waals surface area contributed by atoms with Crippen molar-refractivity contribution in [3.8, 4) is 0 Å². The summed E-state index contributed by atoms with van der Waals surface area (Å²) in [5, 5.41) is 7.06. The predicted molar refractivity (Wildman–Crippen MR) is 110 cm³/mol. The SMILES string of the molecule is C=C/C=C\C=C(/C)NC(=O)c1ccc(Nc2ncnc3ccccc23)cc1. The summed E-state index contributed by atoms with van der Waals surface area (Å²) >= 11 is 0. The Morgan fingerprint density at radius 3 is 2.59 bits per heavy atom. The fraction of sp³-hybridized carbons (Fsp3) is 0.0455. The zero-order valence-electron chi connectivity index (χ0n) is 15.0. The van der Waals surface area contributed by atoms with Crippen molar-refractivity contribution in [3.63, 3.8) is 0 Å². The quantitative estimate of drug-likeness (QED) is 0.626. The summed E-state index contributed by atoms with van der Waals surface area (Å²) in [5.41, 5.74) is 3.05. The Morgan fingerprint density at radius 2 is 1.81 bits per heavy atom. The maximum absolute atomic E-state index is 12.3. The number of hydrogen-bond donors (Lipinski definition) is 2. The van der Waals surface area contributed by atoms with E-state index in [0.717, 1.165) is 28.1 Å². The number of amides is 1. The number of carbonyl (C=O) groups is 1. The van der Waals surface area contributed by atoms with Gasteiger partial charge in [-0.25, -0.2) is 9.97 Å². The highest BCUT2D eigenvalue weighted by molar-refractivity contribution is 5.96. The van der Waals surface area contributed by atoms with Gasteiger partial charge < -0.3 is 10.6 Å². The molecule has 5 nitrogen and oxygen atoms in total. The Balaban J connectivity index is 1.71. The smallest absolute Gasteiger partial charge is 0.255 e. The van der Waals surface area contributed by atoms with E-state index in [1.807, 2.05) is 55.5 Å². The summed E-state index contributed by atoms with van der Waals surface area (Å²) in [5.74, 6) is 0.570. The van der Waals surface area contributed by atoms with Crippen molar-refractivity contribution in [1.82, 2.24) is 15.3 Å². The van der Waals surface area contributed by atoms with Crippen LogP contribution in [0.3, 0.4) is 0 Å². The predicted octanol–water partition coefficient (Wildman–Crippen LogP) is 4.75. The van der Waals surface area contributed by atoms with E-state index in [4.69, 9.17) is 0 Å². The highest BCUT2D eigenvalue weighted by Crippen LogP contribution is 2.22. The van der Waals surface area contributed by atoms with Crippen LogP contribution >= 0.6 is 0 Å². The van der Waals surface area contributed by atoms with Gasteiger partial charge in [0.25, 0.3) is 5.91 Å². The van der Waals surface area contributed by atoms with E-state index in [1.165, 1.54) is 6.33 Å². The average Bonchev–Trinajstić information content (AvgIpc) is 2.69. The molecule has 5 heteroatoms. The van der Waals surface area contributed by atoms with Gasteiger partial charge in [-0.05, 0) is 49.4 Å². The molecule has 3 aromatic rings. The summed E-state index contributed by atoms with van der Waals surface area (Å²) in [6.45, 7) is 5.44. The maximum atomic E-state index is 12.3. The summed E-state index contributed by atoms with van der Waals surface area (Å²) in [7, 11) is 0. The molecule has 1 aromatic heterocycles. The molecule has 0 fully saturated rings. The Morgan fingerprint density at radius 1 is 1.04 bits per heavy atom. The number of aromatic nitrogens is 2. The number of nitrogens with one attached hydrogen (secondary N) is 2. The van der Waals surface area contributed by atoms with Gasteiger partial charge in [-0.15, -0.1) is 0 Å². The molecule has 0 aliphatic heterocycles. The maximum Gasteiger partial charge on any atom is 0.255 e. The van der Waals surface area contributed by atoms with Crippen LogP contribution in [-0.2, 0) is 0 Å². The summed E-state index contributed by atoms with van der Waals surface area (Å²) in [6.07, 6.45) is 8.64. The number of rotatable bonds is 6. The van der Waals surface area contributed by atoms with Crippen molar-refractivity contribution in [2.75, 3.05) is 5.32 Å². The minimum atomic E-state index is -0.158. The molecule has 0 unspecified atom stereocenters. The lowest BCUT2D eigenvalue weighted by Crippen LogP contribution is -2.21. The van der Waals surface area contributed by atoms with E-state index in [1.54, 1.807) is 24.3 Å². The topological polar surface area (TPSA) is 66.9 Å². The van der Waals surface area contributed by atoms with E-state index in [0.29, 0.717) is 5.56 Å². The fourth-order valence-electron chi connectivity index (χ4n) is 2.52. The van der Waals surface area contributed by atoms with Gasteiger partial charge >= 0.3 is 0 Å². The van der Waals surface area contributed by atoms with E-state index in [9.17, 15) is 4.79 Å². The third kappa shape index (κ3) is 4.67. The van der Waals surface area contributed by atoms with Crippen LogP contribution in [0.5, 0.6) is 0 Å². The van der Waals surface area contributed by atoms with E-state index >= 15 is 0 Å². The molecule has 3 rings (SSSR count). The summed E-state index contributed by atoms with van der Waals surface area (Å²) in [6, 6.07) is 15.0. The molecule has 0 bridgehead atoms. The van der Waals surface area contributed by atoms with Gasteiger partial charge in [0.1, 0.15) is 12.1 Å². The van der Waals surface area contributed by atoms with E-state index in [2.05, 4.69) is 27.2 Å². The molecule has 0 atom stereocenters. The van der Waals surface area contributed by atoms with Crippen molar-refractivity contribution in [1.29, 1.82) is 0 Å². The lowest BCUT2D eigenvalue weighted by atomic mass is 10.2. The van der Waals surface area contributed by atoms with Crippen LogP contribution in [0.4, 0.5) is 11.5 Å². The van der Waals surface area contributed by atoms with Crippen molar-refractivity contribution in [3.05, 3.63) is 97.0 Å². The lowest BCUT2D eigenvalue weighted by molar-refractivity contribution is 0.0966. The van der Waals surface area contributed by atoms with Gasteiger partial charge in [0.2, 0.25) is 0 Å². The van der Waals surface area contributed by atoms with Crippen molar-refractivity contribution in [2.24, 2.45) is 0 Å². The summed E-state index contributed by atoms with van der Waals surface area (Å²) in [4.78, 5) is 20.9. The molecule has 0 saturated carbocycles. The molecule has 27 heavy (non-hydrogen) atoms. The van der Waals surface area contributed by atoms with Crippen LogP contribution in [0.15, 0.2) is 91.4 Å². The first-order valence-corrected chi connectivity index (χ1v) is 8.51. The van der Waals surface area contributed by atoms with E-state index in [-0.39, 0.29) is 5.91 Å². The molecule has 1 heterocycles. The zero-order chi connectivity index (χ0) is 19.1. The molecule has 0 radical (unpaired) electrons. The second kappa shape index (κ2) is 8.58. The Kier molecular flexibility index (Phi) is 5.74. The van der Waals surface area contributed by atoms with Crippen molar-refractivity contribution >= 4 is 28.3 Å². The van der Waals surface area contributed by atoms with E-state index < -0.39 is 0 Å². The van der Waals surface area contributed by atoms with Gasteiger partial charge in [0, 0.05) is 22.3 Å². The first kappa shape index (κ1) is 18.1. The Labute approximate surface area is 158 Å². The molecular formula is C22H20N4O. The molecule has 0 aliphatic carbocycles. The van der Waals surface area contributed by atoms with Gasteiger partial charge in [-0.1, -0.05) is 36.9 Å². The molecule has 0 spiro atoms. The number of carbonyl (C=O) groups excluding carboxylic acids is 1. The second-order valence-electron chi connectivity index (χ2n) is 5.87. The number of anilines is 2. The van der Waals surface area contributed by atoms with Gasteiger partial charge in [-0.3, -0.25) is 4.79 Å². The second-order valence-corrected chi connectivity index (χ2v) is 5.87. The number of allylic oxidation sites excluding steroid dienone is 5. The largest absolute Gasteiger partial charge is 0.340 e. The fourth-order valence-corrected chi connectivity index (χ4v) is 2.52. The van der Waals surface area contributed by atoms with Crippen LogP contribution in [0, 0.1) is 0 Å². The highest BCUT2D eigenvalue weighted by Gasteiger charge is 2.07. The standard InChI is InChI=1S/C22H20N4O/c1-3-4-5-8-16(2)25-22(27)17-11-13-18(14-12-17)26-21-19-9-6-7-10-20(19)23-15-24-21/h3-15H,1H2,2H3,(H,25,27)(H,23,24,26)/b5-4-,16-8+. The number of benzene rings is 2. The lowest BCUT2D eigenvalue weighted by Gasteiger charge is -2.09. The number of hydrogen-bond acceptors (Lipinski definition) is 4. The molecule has 0 aliphatic rings. The normalized spacial score (nSPS) is 11.5. The van der Waals surface area contributed by atoms with Gasteiger partial charge in [0.15, 0.2) is 0 Å². The molecule has 134 valence electrons. The zero-order valence-corrected chi connectivity index (χ0v) is 15.0.